The second kappa shape index (κ2) is 7.97. The van der Waals surface area contributed by atoms with Gasteiger partial charge in [0.05, 0.1) is 6.42 Å². The van der Waals surface area contributed by atoms with Crippen LogP contribution in [0.15, 0.2) is 49.1 Å². The Bertz CT molecular complexity index is 903. The van der Waals surface area contributed by atoms with Crippen LogP contribution in [0.5, 0.6) is 0 Å². The van der Waals surface area contributed by atoms with Gasteiger partial charge in [0.15, 0.2) is 5.78 Å². The van der Waals surface area contributed by atoms with Gasteiger partial charge in [0.1, 0.15) is 0 Å². The maximum absolute atomic E-state index is 12.5. The number of halogens is 1. The predicted octanol–water partition coefficient (Wildman–Crippen LogP) is 3.70. The molecule has 0 aliphatic heterocycles. The lowest BCUT2D eigenvalue weighted by Crippen LogP contribution is -2.23. The van der Waals surface area contributed by atoms with Crippen LogP contribution in [0, 0.1) is 0 Å². The first-order valence-corrected chi connectivity index (χ1v) is 8.15. The van der Waals surface area contributed by atoms with Crippen LogP contribution >= 0.6 is 11.6 Å². The number of carboxylic acids is 1. The molecule has 0 saturated carbocycles. The molecule has 2 aromatic carbocycles. The Kier molecular flexibility index (Phi) is 5.95. The fourth-order valence-electron chi connectivity index (χ4n) is 2.58. The van der Waals surface area contributed by atoms with E-state index in [1.54, 1.807) is 50.5 Å². The Hall–Kier alpha value is -2.92. The molecule has 0 unspecified atom stereocenters. The van der Waals surface area contributed by atoms with Crippen LogP contribution in [0.25, 0.3) is 11.1 Å². The Morgan fingerprint density at radius 3 is 2.38 bits per heavy atom. The minimum Gasteiger partial charge on any atom is -0.481 e. The van der Waals surface area contributed by atoms with Gasteiger partial charge in [-0.25, -0.2) is 0 Å². The lowest BCUT2D eigenvalue weighted by Gasteiger charge is -2.16. The van der Waals surface area contributed by atoms with E-state index >= 15 is 0 Å². The molecule has 0 bridgehead atoms. The zero-order chi connectivity index (χ0) is 19.4. The molecular weight excluding hydrogens is 354 g/mol. The first-order valence-electron chi connectivity index (χ1n) is 7.77. The molecule has 0 fully saturated rings. The van der Waals surface area contributed by atoms with E-state index in [9.17, 15) is 14.4 Å². The van der Waals surface area contributed by atoms with Gasteiger partial charge < -0.3 is 10.0 Å². The van der Waals surface area contributed by atoms with Crippen LogP contribution in [-0.4, -0.2) is 41.8 Å². The van der Waals surface area contributed by atoms with Crippen molar-refractivity contribution in [1.82, 2.24) is 4.90 Å². The van der Waals surface area contributed by atoms with E-state index in [-0.39, 0.29) is 23.7 Å². The van der Waals surface area contributed by atoms with E-state index in [0.717, 1.165) is 0 Å². The molecule has 6 heteroatoms. The quantitative estimate of drug-likeness (QED) is 0.620. The monoisotopic (exact) mass is 371 g/mol. The van der Waals surface area contributed by atoms with Crippen LogP contribution in [0.3, 0.4) is 0 Å². The van der Waals surface area contributed by atoms with Crippen LogP contribution in [0.1, 0.15) is 26.3 Å². The summed E-state index contributed by atoms with van der Waals surface area (Å²) in [5.74, 6) is -1.62. The minimum atomic E-state index is -1.03. The van der Waals surface area contributed by atoms with Crippen molar-refractivity contribution >= 4 is 29.3 Å². The second-order valence-electron chi connectivity index (χ2n) is 5.90. The summed E-state index contributed by atoms with van der Waals surface area (Å²) >= 11 is 6.08. The molecule has 1 N–H and O–H groups in total. The van der Waals surface area contributed by atoms with E-state index in [1.807, 2.05) is 0 Å². The molecule has 0 spiro atoms. The number of nitrogens with zero attached hydrogens (tertiary/aromatic N) is 1. The number of carbonyl (C=O) groups is 3. The number of ketones is 1. The molecule has 134 valence electrons. The van der Waals surface area contributed by atoms with Gasteiger partial charge in [-0.15, -0.1) is 0 Å². The summed E-state index contributed by atoms with van der Waals surface area (Å²) < 4.78 is 0. The topological polar surface area (TPSA) is 74.7 Å². The lowest BCUT2D eigenvalue weighted by molar-refractivity contribution is -0.136. The summed E-state index contributed by atoms with van der Waals surface area (Å²) in [5.41, 5.74) is 2.22. The fraction of sp³-hybridized carbons (Fsp3) is 0.150. The van der Waals surface area contributed by atoms with E-state index < -0.39 is 5.97 Å². The Morgan fingerprint density at radius 1 is 1.12 bits per heavy atom. The highest BCUT2D eigenvalue weighted by atomic mass is 35.5. The molecule has 0 radical (unpaired) electrons. The number of benzene rings is 2. The Balaban J connectivity index is 2.68. The zero-order valence-corrected chi connectivity index (χ0v) is 15.2. The number of allylic oxidation sites excluding steroid dienone is 1. The molecule has 0 saturated heterocycles. The number of carbonyl (C=O) groups excluding carboxylic acids is 2. The molecule has 2 aromatic rings. The maximum atomic E-state index is 12.5. The summed E-state index contributed by atoms with van der Waals surface area (Å²) in [5, 5.41) is 9.53. The molecular formula is C20H18ClNO4. The summed E-state index contributed by atoms with van der Waals surface area (Å²) in [4.78, 5) is 37.1. The second-order valence-corrected chi connectivity index (χ2v) is 6.34. The fourth-order valence-corrected chi connectivity index (χ4v) is 2.75. The summed E-state index contributed by atoms with van der Waals surface area (Å²) in [7, 11) is 3.18. The zero-order valence-electron chi connectivity index (χ0n) is 14.5. The highest BCUT2D eigenvalue weighted by Gasteiger charge is 2.18. The lowest BCUT2D eigenvalue weighted by atomic mass is 9.93. The van der Waals surface area contributed by atoms with Crippen molar-refractivity contribution in [1.29, 1.82) is 0 Å². The molecule has 5 nitrogen and oxygen atoms in total. The molecule has 0 aliphatic carbocycles. The predicted molar refractivity (Wildman–Crippen MR) is 101 cm³/mol. The number of hydrogen-bond acceptors (Lipinski definition) is 3. The van der Waals surface area contributed by atoms with Crippen LogP contribution in [-0.2, 0) is 11.2 Å². The van der Waals surface area contributed by atoms with E-state index in [1.165, 1.54) is 11.0 Å². The van der Waals surface area contributed by atoms with Crippen molar-refractivity contribution < 1.29 is 19.5 Å². The first kappa shape index (κ1) is 19.4. The first-order chi connectivity index (χ1) is 12.2. The number of amides is 1. The van der Waals surface area contributed by atoms with Crippen LogP contribution < -0.4 is 0 Å². The van der Waals surface area contributed by atoms with Gasteiger partial charge in [-0.2, -0.15) is 0 Å². The average molecular weight is 372 g/mol. The van der Waals surface area contributed by atoms with Crippen LogP contribution in [0.2, 0.25) is 5.02 Å². The molecule has 26 heavy (non-hydrogen) atoms. The van der Waals surface area contributed by atoms with E-state index in [2.05, 4.69) is 6.58 Å². The maximum Gasteiger partial charge on any atom is 0.307 e. The normalized spacial score (nSPS) is 10.3. The van der Waals surface area contributed by atoms with Crippen molar-refractivity contribution in [2.75, 3.05) is 14.1 Å². The van der Waals surface area contributed by atoms with Gasteiger partial charge in [0.2, 0.25) is 0 Å². The number of rotatable bonds is 6. The number of hydrogen-bond donors (Lipinski definition) is 1. The SMILES string of the molecule is C=CC(=O)c1ccc(Cl)cc1-c1ccc(CC(=O)O)c(C(=O)N(C)C)c1. The van der Waals surface area contributed by atoms with Crippen molar-refractivity contribution in [3.63, 3.8) is 0 Å². The molecule has 1 amide bonds. The number of carboxylic acid groups (broad SMARTS) is 1. The standard InChI is InChI=1S/C20H18ClNO4/c1-4-18(23)15-8-7-14(21)11-16(15)12-5-6-13(10-19(24)25)17(9-12)20(26)22(2)3/h4-9,11H,1,10H2,2-3H3,(H,24,25). The van der Waals surface area contributed by atoms with Gasteiger partial charge in [0.25, 0.3) is 5.91 Å². The summed E-state index contributed by atoms with van der Waals surface area (Å²) in [6.07, 6.45) is 0.931. The average Bonchev–Trinajstić information content (AvgIpc) is 2.60. The molecule has 0 aliphatic rings. The van der Waals surface area contributed by atoms with Gasteiger partial charge >= 0.3 is 5.97 Å². The molecule has 0 heterocycles. The smallest absolute Gasteiger partial charge is 0.307 e. The summed E-state index contributed by atoms with van der Waals surface area (Å²) in [6.45, 7) is 3.50. The number of aliphatic carboxylic acids is 1. The Morgan fingerprint density at radius 2 is 1.81 bits per heavy atom. The van der Waals surface area contributed by atoms with Crippen molar-refractivity contribution in [2.24, 2.45) is 0 Å². The van der Waals surface area contributed by atoms with Gasteiger partial charge in [-0.3, -0.25) is 14.4 Å². The third-order valence-electron chi connectivity index (χ3n) is 3.83. The summed E-state index contributed by atoms with van der Waals surface area (Å²) in [6, 6.07) is 9.69. The third-order valence-corrected chi connectivity index (χ3v) is 4.07. The van der Waals surface area contributed by atoms with Gasteiger partial charge in [-0.1, -0.05) is 30.3 Å². The van der Waals surface area contributed by atoms with Crippen LogP contribution in [0.4, 0.5) is 0 Å². The Labute approximate surface area is 156 Å². The molecule has 2 rings (SSSR count). The largest absolute Gasteiger partial charge is 0.481 e. The van der Waals surface area contributed by atoms with Gasteiger partial charge in [0, 0.05) is 30.2 Å². The van der Waals surface area contributed by atoms with E-state index in [0.29, 0.717) is 27.3 Å². The van der Waals surface area contributed by atoms with Crippen molar-refractivity contribution in [3.8, 4) is 11.1 Å². The highest BCUT2D eigenvalue weighted by Crippen LogP contribution is 2.30. The minimum absolute atomic E-state index is 0.270. The van der Waals surface area contributed by atoms with E-state index in [4.69, 9.17) is 16.7 Å². The molecule has 0 aromatic heterocycles. The molecule has 0 atom stereocenters. The van der Waals surface area contributed by atoms with Gasteiger partial charge in [-0.05, 0) is 47.0 Å². The third kappa shape index (κ3) is 4.18. The van der Waals surface area contributed by atoms with Crippen molar-refractivity contribution in [3.05, 3.63) is 70.8 Å². The highest BCUT2D eigenvalue weighted by molar-refractivity contribution is 6.31. The van der Waals surface area contributed by atoms with Crippen molar-refractivity contribution in [2.45, 2.75) is 6.42 Å².